The summed E-state index contributed by atoms with van der Waals surface area (Å²) in [5.74, 6) is -1.51. The zero-order chi connectivity index (χ0) is 26.7. The first-order valence-corrected chi connectivity index (χ1v) is 10.6. The van der Waals surface area contributed by atoms with E-state index in [0.29, 0.717) is 17.8 Å². The van der Waals surface area contributed by atoms with Crippen LogP contribution in [0.3, 0.4) is 0 Å². The minimum Gasteiger partial charge on any atom is -0.348 e. The molecule has 0 aliphatic heterocycles. The van der Waals surface area contributed by atoms with Gasteiger partial charge < -0.3 is 16.0 Å². The standard InChI is InChI=1S/C23H18F2N8O4/c1-12-7-8-14(9-13(12)2)26-22-29-21(25)30-23(31-22)28-17-6-4-3-5-16(17)27-18-10-15(24)19(32(34)35)11-20(18)33(36)37/h3-11,27H,1-2H3,(H2,26,28,29,30,31). The van der Waals surface area contributed by atoms with Crippen LogP contribution in [-0.4, -0.2) is 24.8 Å². The van der Waals surface area contributed by atoms with Gasteiger partial charge in [0.05, 0.1) is 27.3 Å². The number of anilines is 6. The summed E-state index contributed by atoms with van der Waals surface area (Å²) in [6.07, 6.45) is -1.07. The van der Waals surface area contributed by atoms with Crippen LogP contribution in [0.25, 0.3) is 0 Å². The number of hydrogen-bond acceptors (Lipinski definition) is 10. The van der Waals surface area contributed by atoms with Crippen LogP contribution in [0.5, 0.6) is 0 Å². The molecule has 0 aliphatic rings. The number of halogens is 2. The van der Waals surface area contributed by atoms with Gasteiger partial charge >= 0.3 is 11.8 Å². The lowest BCUT2D eigenvalue weighted by Crippen LogP contribution is -2.07. The van der Waals surface area contributed by atoms with Gasteiger partial charge in [-0.15, -0.1) is 0 Å². The molecule has 0 saturated heterocycles. The number of benzene rings is 3. The summed E-state index contributed by atoms with van der Waals surface area (Å²) in [5, 5.41) is 30.8. The third-order valence-electron chi connectivity index (χ3n) is 5.27. The van der Waals surface area contributed by atoms with Crippen LogP contribution < -0.4 is 16.0 Å². The Balaban J connectivity index is 1.64. The summed E-state index contributed by atoms with van der Waals surface area (Å²) in [5.41, 5.74) is 1.08. The van der Waals surface area contributed by atoms with Crippen molar-refractivity contribution in [3.63, 3.8) is 0 Å². The lowest BCUT2D eigenvalue weighted by atomic mass is 10.1. The first kappa shape index (κ1) is 24.8. The van der Waals surface area contributed by atoms with E-state index in [4.69, 9.17) is 0 Å². The lowest BCUT2D eigenvalue weighted by Gasteiger charge is -2.14. The SMILES string of the molecule is Cc1ccc(Nc2nc(F)nc(Nc3ccccc3Nc3cc(F)c([N+](=O)[O-])cc3[N+](=O)[O-])n2)cc1C. The Kier molecular flexibility index (Phi) is 6.81. The lowest BCUT2D eigenvalue weighted by molar-refractivity contribution is -0.395. The average molecular weight is 508 g/mol. The summed E-state index contributed by atoms with van der Waals surface area (Å²) in [7, 11) is 0. The molecule has 3 aromatic carbocycles. The van der Waals surface area contributed by atoms with Gasteiger partial charge in [-0.2, -0.15) is 23.7 Å². The molecule has 4 aromatic rings. The molecule has 0 saturated carbocycles. The van der Waals surface area contributed by atoms with Crippen molar-refractivity contribution in [1.29, 1.82) is 0 Å². The second-order valence-corrected chi connectivity index (χ2v) is 7.81. The fourth-order valence-corrected chi connectivity index (χ4v) is 3.32. The highest BCUT2D eigenvalue weighted by Crippen LogP contribution is 2.36. The second kappa shape index (κ2) is 10.2. The third-order valence-corrected chi connectivity index (χ3v) is 5.27. The van der Waals surface area contributed by atoms with E-state index in [2.05, 4.69) is 30.9 Å². The number of hydrogen-bond donors (Lipinski definition) is 3. The van der Waals surface area contributed by atoms with Gasteiger partial charge in [-0.05, 0) is 49.2 Å². The zero-order valence-electron chi connectivity index (χ0n) is 19.3. The zero-order valence-corrected chi connectivity index (χ0v) is 19.3. The highest BCUT2D eigenvalue weighted by atomic mass is 19.1. The van der Waals surface area contributed by atoms with E-state index in [-0.39, 0.29) is 29.0 Å². The van der Waals surface area contributed by atoms with Gasteiger partial charge in [-0.1, -0.05) is 18.2 Å². The fraction of sp³-hybridized carbons (Fsp3) is 0.0870. The van der Waals surface area contributed by atoms with Crippen molar-refractivity contribution < 1.29 is 18.6 Å². The van der Waals surface area contributed by atoms with E-state index in [1.54, 1.807) is 18.2 Å². The summed E-state index contributed by atoms with van der Waals surface area (Å²) >= 11 is 0. The second-order valence-electron chi connectivity index (χ2n) is 7.81. The summed E-state index contributed by atoms with van der Waals surface area (Å²) in [6.45, 7) is 3.88. The van der Waals surface area contributed by atoms with Crippen molar-refractivity contribution in [2.75, 3.05) is 16.0 Å². The maximum Gasteiger partial charge on any atom is 0.315 e. The van der Waals surface area contributed by atoms with Crippen molar-refractivity contribution in [2.45, 2.75) is 13.8 Å². The normalized spacial score (nSPS) is 10.6. The molecule has 1 heterocycles. The minimum atomic E-state index is -1.26. The smallest absolute Gasteiger partial charge is 0.315 e. The number of nitrogens with one attached hydrogen (secondary N) is 3. The largest absolute Gasteiger partial charge is 0.348 e. The molecule has 4 rings (SSSR count). The first-order valence-electron chi connectivity index (χ1n) is 10.6. The molecule has 37 heavy (non-hydrogen) atoms. The number of para-hydroxylation sites is 2. The van der Waals surface area contributed by atoms with E-state index in [9.17, 15) is 29.0 Å². The molecule has 0 amide bonds. The average Bonchev–Trinajstić information content (AvgIpc) is 2.82. The molecule has 0 bridgehead atoms. The first-order chi connectivity index (χ1) is 17.6. The van der Waals surface area contributed by atoms with Gasteiger partial charge in [0.1, 0.15) is 5.69 Å². The van der Waals surface area contributed by atoms with Gasteiger partial charge in [-0.3, -0.25) is 20.2 Å². The Labute approximate surface area is 207 Å². The Bertz CT molecular complexity index is 1530. The molecular formula is C23H18F2N8O4. The molecule has 0 fully saturated rings. The maximum absolute atomic E-state index is 14.2. The number of nitrogens with zero attached hydrogens (tertiary/aromatic N) is 5. The molecular weight excluding hydrogens is 490 g/mol. The van der Waals surface area contributed by atoms with Crippen LogP contribution in [0.15, 0.2) is 54.6 Å². The van der Waals surface area contributed by atoms with Crippen LogP contribution in [0, 0.1) is 46.0 Å². The maximum atomic E-state index is 14.2. The highest BCUT2D eigenvalue weighted by molar-refractivity contribution is 5.80. The summed E-state index contributed by atoms with van der Waals surface area (Å²) in [6, 6.07) is 12.9. The Morgan fingerprint density at radius 3 is 1.95 bits per heavy atom. The van der Waals surface area contributed by atoms with E-state index >= 15 is 0 Å². The van der Waals surface area contributed by atoms with Crippen molar-refractivity contribution in [1.82, 2.24) is 15.0 Å². The van der Waals surface area contributed by atoms with Gasteiger partial charge in [-0.25, -0.2) is 0 Å². The van der Waals surface area contributed by atoms with E-state index in [0.717, 1.165) is 11.1 Å². The molecule has 0 radical (unpaired) electrons. The molecule has 1 aromatic heterocycles. The van der Waals surface area contributed by atoms with Gasteiger partial charge in [0.25, 0.3) is 5.69 Å². The molecule has 0 atom stereocenters. The van der Waals surface area contributed by atoms with Crippen LogP contribution >= 0.6 is 0 Å². The summed E-state index contributed by atoms with van der Waals surface area (Å²) < 4.78 is 28.4. The van der Waals surface area contributed by atoms with Crippen LogP contribution in [-0.2, 0) is 0 Å². The Hall–Kier alpha value is -5.27. The quantitative estimate of drug-likeness (QED) is 0.195. The van der Waals surface area contributed by atoms with Crippen molar-refractivity contribution in [2.24, 2.45) is 0 Å². The number of aromatic nitrogens is 3. The van der Waals surface area contributed by atoms with Crippen LogP contribution in [0.1, 0.15) is 11.1 Å². The number of aryl methyl sites for hydroxylation is 2. The monoisotopic (exact) mass is 508 g/mol. The highest BCUT2D eigenvalue weighted by Gasteiger charge is 2.25. The van der Waals surface area contributed by atoms with Gasteiger partial charge in [0, 0.05) is 11.8 Å². The van der Waals surface area contributed by atoms with E-state index in [1.807, 2.05) is 26.0 Å². The van der Waals surface area contributed by atoms with E-state index < -0.39 is 33.1 Å². The summed E-state index contributed by atoms with van der Waals surface area (Å²) in [4.78, 5) is 32.0. The van der Waals surface area contributed by atoms with Crippen molar-refractivity contribution >= 4 is 46.0 Å². The van der Waals surface area contributed by atoms with Crippen molar-refractivity contribution in [3.05, 3.63) is 97.8 Å². The molecule has 3 N–H and O–H groups in total. The predicted octanol–water partition coefficient (Wildman–Crippen LogP) is 5.81. The van der Waals surface area contributed by atoms with E-state index in [1.165, 1.54) is 12.1 Å². The number of rotatable bonds is 8. The Morgan fingerprint density at radius 2 is 1.32 bits per heavy atom. The molecule has 0 unspecified atom stereocenters. The minimum absolute atomic E-state index is 0.0724. The van der Waals surface area contributed by atoms with Gasteiger partial charge in [0.2, 0.25) is 17.7 Å². The molecule has 0 spiro atoms. The van der Waals surface area contributed by atoms with Crippen molar-refractivity contribution in [3.8, 4) is 0 Å². The topological polar surface area (TPSA) is 161 Å². The molecule has 0 aliphatic carbocycles. The molecule has 14 heteroatoms. The predicted molar refractivity (Wildman–Crippen MR) is 132 cm³/mol. The number of nitro benzene ring substituents is 2. The Morgan fingerprint density at radius 1 is 0.703 bits per heavy atom. The fourth-order valence-electron chi connectivity index (χ4n) is 3.32. The molecule has 188 valence electrons. The third kappa shape index (κ3) is 5.70. The van der Waals surface area contributed by atoms with Crippen LogP contribution in [0.2, 0.25) is 0 Å². The van der Waals surface area contributed by atoms with Gasteiger partial charge in [0.15, 0.2) is 0 Å². The van der Waals surface area contributed by atoms with Crippen LogP contribution in [0.4, 0.5) is 54.8 Å². The molecule has 12 nitrogen and oxygen atoms in total. The number of nitro groups is 2.